The number of benzene rings is 3. The van der Waals surface area contributed by atoms with Crippen LogP contribution in [0.2, 0.25) is 0 Å². The van der Waals surface area contributed by atoms with Crippen molar-refractivity contribution in [3.63, 3.8) is 0 Å². The fourth-order valence-corrected chi connectivity index (χ4v) is 4.42. The zero-order valence-electron chi connectivity index (χ0n) is 22.1. The summed E-state index contributed by atoms with van der Waals surface area (Å²) in [5.74, 6) is -0.134. The molecule has 202 valence electrons. The number of hydrazone groups is 1. The molecule has 1 heterocycles. The lowest BCUT2D eigenvalue weighted by Crippen LogP contribution is -2.19. The highest BCUT2D eigenvalue weighted by molar-refractivity contribution is 5.95. The summed E-state index contributed by atoms with van der Waals surface area (Å²) in [6.45, 7) is 8.52. The van der Waals surface area contributed by atoms with Crippen LogP contribution in [0.4, 0.5) is 5.69 Å². The fraction of sp³-hybridized carbons (Fsp3) is 0.258. The lowest BCUT2D eigenvalue weighted by atomic mass is 10.1. The Hall–Kier alpha value is -4.59. The molecular weight excluding hydrogens is 494 g/mol. The molecule has 1 saturated heterocycles. The van der Waals surface area contributed by atoms with Crippen LogP contribution < -0.4 is 19.8 Å². The molecule has 0 unspecified atom stereocenters. The van der Waals surface area contributed by atoms with Crippen molar-refractivity contribution in [1.29, 1.82) is 0 Å². The molecule has 0 radical (unpaired) electrons. The van der Waals surface area contributed by atoms with E-state index >= 15 is 0 Å². The molecule has 8 heteroatoms. The second kappa shape index (κ2) is 13.3. The van der Waals surface area contributed by atoms with Crippen molar-refractivity contribution in [2.24, 2.45) is 5.10 Å². The van der Waals surface area contributed by atoms with Gasteiger partial charge in [0.25, 0.3) is 5.91 Å². The van der Waals surface area contributed by atoms with Crippen molar-refractivity contribution in [1.82, 2.24) is 5.43 Å². The van der Waals surface area contributed by atoms with Gasteiger partial charge in [0.15, 0.2) is 11.5 Å². The van der Waals surface area contributed by atoms with Crippen LogP contribution in [0.15, 0.2) is 78.4 Å². The van der Waals surface area contributed by atoms with Gasteiger partial charge in [-0.25, -0.2) is 10.2 Å². The van der Waals surface area contributed by atoms with Gasteiger partial charge in [-0.2, -0.15) is 5.10 Å². The zero-order chi connectivity index (χ0) is 27.6. The van der Waals surface area contributed by atoms with E-state index in [0.717, 1.165) is 35.5 Å². The average molecular weight is 528 g/mol. The highest BCUT2D eigenvalue weighted by Crippen LogP contribution is 2.34. The largest absolute Gasteiger partial charge is 0.490 e. The van der Waals surface area contributed by atoms with Gasteiger partial charge in [-0.05, 0) is 85.8 Å². The smallest absolute Gasteiger partial charge is 0.335 e. The number of carboxylic acids is 1. The lowest BCUT2D eigenvalue weighted by Gasteiger charge is -2.17. The van der Waals surface area contributed by atoms with Crippen LogP contribution in [0.25, 0.3) is 0 Å². The number of allylic oxidation sites excluding steroid dienone is 1. The fourth-order valence-electron chi connectivity index (χ4n) is 4.42. The molecule has 1 amide bonds. The number of amides is 1. The van der Waals surface area contributed by atoms with E-state index in [1.54, 1.807) is 42.6 Å². The minimum atomic E-state index is -0.974. The van der Waals surface area contributed by atoms with Gasteiger partial charge in [0, 0.05) is 29.9 Å². The minimum Gasteiger partial charge on any atom is -0.490 e. The first-order valence-corrected chi connectivity index (χ1v) is 13.0. The Bertz CT molecular complexity index is 1330. The summed E-state index contributed by atoms with van der Waals surface area (Å²) in [5.41, 5.74) is 6.90. The number of aromatic carboxylic acids is 1. The average Bonchev–Trinajstić information content (AvgIpc) is 3.48. The Morgan fingerprint density at radius 3 is 2.36 bits per heavy atom. The number of nitrogens with zero attached hydrogens (tertiary/aromatic N) is 2. The lowest BCUT2D eigenvalue weighted by molar-refractivity contribution is 0.0696. The predicted octanol–water partition coefficient (Wildman–Crippen LogP) is 5.46. The summed E-state index contributed by atoms with van der Waals surface area (Å²) in [4.78, 5) is 26.0. The number of nitrogens with one attached hydrogen (secondary N) is 1. The molecule has 2 N–H and O–H groups in total. The molecule has 0 aliphatic carbocycles. The predicted molar refractivity (Wildman–Crippen MR) is 152 cm³/mol. The molecule has 0 atom stereocenters. The molecule has 1 aliphatic heterocycles. The molecule has 39 heavy (non-hydrogen) atoms. The Labute approximate surface area is 228 Å². The summed E-state index contributed by atoms with van der Waals surface area (Å²) in [5, 5.41) is 13.3. The minimum absolute atomic E-state index is 0.218. The van der Waals surface area contributed by atoms with E-state index in [9.17, 15) is 9.59 Å². The monoisotopic (exact) mass is 527 g/mol. The number of carbonyl (C=O) groups excluding carboxylic acids is 1. The van der Waals surface area contributed by atoms with Crippen LogP contribution in [-0.2, 0) is 13.0 Å². The molecule has 3 aromatic carbocycles. The van der Waals surface area contributed by atoms with Crippen molar-refractivity contribution in [2.75, 3.05) is 24.6 Å². The summed E-state index contributed by atoms with van der Waals surface area (Å²) in [7, 11) is 0. The molecule has 0 bridgehead atoms. The standard InChI is InChI=1S/C31H33N3O5/c1-3-7-26-18-23(20-32-33-30(35)24-12-14-27(15-13-24)34-16-5-6-17-34)19-28(38-4-2)29(26)39-21-22-8-10-25(11-9-22)31(36)37/h3,8-15,18-20H,1,4-7,16-17,21H2,2H3,(H,33,35)(H,36,37)/b32-20-. The third-order valence-corrected chi connectivity index (χ3v) is 6.38. The SMILES string of the molecule is C=CCc1cc(/C=N\NC(=O)c2ccc(N3CCCC3)cc2)cc(OCC)c1OCc1ccc(C(=O)O)cc1. The van der Waals surface area contributed by atoms with E-state index < -0.39 is 5.97 Å². The summed E-state index contributed by atoms with van der Waals surface area (Å²) in [6.07, 6.45) is 6.27. The molecule has 1 aliphatic rings. The third kappa shape index (κ3) is 7.25. The van der Waals surface area contributed by atoms with Gasteiger partial charge in [-0.15, -0.1) is 6.58 Å². The van der Waals surface area contributed by atoms with E-state index in [0.29, 0.717) is 30.1 Å². The van der Waals surface area contributed by atoms with E-state index in [1.807, 2.05) is 37.3 Å². The first-order valence-electron chi connectivity index (χ1n) is 13.0. The van der Waals surface area contributed by atoms with Crippen LogP contribution in [0.1, 0.15) is 57.2 Å². The third-order valence-electron chi connectivity index (χ3n) is 6.38. The Morgan fingerprint density at radius 2 is 1.72 bits per heavy atom. The molecule has 4 rings (SSSR count). The Kier molecular flexibility index (Phi) is 9.34. The first kappa shape index (κ1) is 27.4. The normalized spacial score (nSPS) is 12.9. The number of hydrogen-bond acceptors (Lipinski definition) is 6. The van der Waals surface area contributed by atoms with Crippen molar-refractivity contribution in [3.05, 3.63) is 101 Å². The van der Waals surface area contributed by atoms with Gasteiger partial charge < -0.3 is 19.5 Å². The van der Waals surface area contributed by atoms with Crippen LogP contribution in [-0.4, -0.2) is 42.9 Å². The number of carbonyl (C=O) groups is 2. The van der Waals surface area contributed by atoms with Crippen LogP contribution in [0.5, 0.6) is 11.5 Å². The summed E-state index contributed by atoms with van der Waals surface area (Å²) < 4.78 is 12.0. The highest BCUT2D eigenvalue weighted by Gasteiger charge is 2.15. The molecule has 0 spiro atoms. The summed E-state index contributed by atoms with van der Waals surface area (Å²) in [6, 6.07) is 17.8. The molecule has 0 aromatic heterocycles. The van der Waals surface area contributed by atoms with E-state index in [4.69, 9.17) is 14.6 Å². The van der Waals surface area contributed by atoms with Crippen molar-refractivity contribution in [2.45, 2.75) is 32.8 Å². The van der Waals surface area contributed by atoms with E-state index in [2.05, 4.69) is 22.0 Å². The van der Waals surface area contributed by atoms with Gasteiger partial charge in [-0.1, -0.05) is 18.2 Å². The van der Waals surface area contributed by atoms with Crippen LogP contribution in [0, 0.1) is 0 Å². The second-order valence-electron chi connectivity index (χ2n) is 9.16. The number of rotatable bonds is 12. The number of ether oxygens (including phenoxy) is 2. The molecular formula is C31H33N3O5. The second-order valence-corrected chi connectivity index (χ2v) is 9.16. The van der Waals surface area contributed by atoms with E-state index in [-0.39, 0.29) is 18.1 Å². The maximum atomic E-state index is 12.6. The van der Waals surface area contributed by atoms with Crippen molar-refractivity contribution >= 4 is 23.8 Å². The maximum absolute atomic E-state index is 12.6. The van der Waals surface area contributed by atoms with Gasteiger partial charge in [-0.3, -0.25) is 4.79 Å². The van der Waals surface area contributed by atoms with Crippen molar-refractivity contribution < 1.29 is 24.2 Å². The highest BCUT2D eigenvalue weighted by atomic mass is 16.5. The Balaban J connectivity index is 1.45. The van der Waals surface area contributed by atoms with Gasteiger partial charge in [0.2, 0.25) is 0 Å². The molecule has 1 fully saturated rings. The maximum Gasteiger partial charge on any atom is 0.335 e. The number of carboxylic acid groups (broad SMARTS) is 1. The molecule has 0 saturated carbocycles. The first-order chi connectivity index (χ1) is 19.0. The van der Waals surface area contributed by atoms with Crippen LogP contribution >= 0.6 is 0 Å². The molecule has 3 aromatic rings. The number of anilines is 1. The van der Waals surface area contributed by atoms with Gasteiger partial charge >= 0.3 is 5.97 Å². The van der Waals surface area contributed by atoms with Gasteiger partial charge in [0.1, 0.15) is 6.61 Å². The number of hydrogen-bond donors (Lipinski definition) is 2. The zero-order valence-corrected chi connectivity index (χ0v) is 22.1. The van der Waals surface area contributed by atoms with Crippen molar-refractivity contribution in [3.8, 4) is 11.5 Å². The van der Waals surface area contributed by atoms with E-state index in [1.165, 1.54) is 12.8 Å². The topological polar surface area (TPSA) is 100 Å². The Morgan fingerprint density at radius 1 is 1.03 bits per heavy atom. The van der Waals surface area contributed by atoms with Gasteiger partial charge in [0.05, 0.1) is 18.4 Å². The van der Waals surface area contributed by atoms with Crippen LogP contribution in [0.3, 0.4) is 0 Å². The quantitative estimate of drug-likeness (QED) is 0.184. The summed E-state index contributed by atoms with van der Waals surface area (Å²) >= 11 is 0. The molecule has 8 nitrogen and oxygen atoms in total.